The van der Waals surface area contributed by atoms with Gasteiger partial charge in [-0.15, -0.1) is 24.0 Å². The van der Waals surface area contributed by atoms with Crippen molar-refractivity contribution in [2.75, 3.05) is 33.3 Å². The number of ether oxygens (including phenoxy) is 1. The number of halogens is 1. The molecule has 1 aliphatic heterocycles. The number of rotatable bonds is 6. The van der Waals surface area contributed by atoms with Gasteiger partial charge in [0.2, 0.25) is 5.91 Å². The van der Waals surface area contributed by atoms with Gasteiger partial charge < -0.3 is 20.3 Å². The molecule has 7 heteroatoms. The van der Waals surface area contributed by atoms with Gasteiger partial charge in [-0.1, -0.05) is 24.3 Å². The van der Waals surface area contributed by atoms with Gasteiger partial charge in [0.25, 0.3) is 0 Å². The van der Waals surface area contributed by atoms with Crippen molar-refractivity contribution in [2.24, 2.45) is 4.99 Å². The Balaban J connectivity index is 0.00000261. The van der Waals surface area contributed by atoms with Gasteiger partial charge in [-0.3, -0.25) is 9.79 Å². The summed E-state index contributed by atoms with van der Waals surface area (Å²) in [5, 5.41) is 6.42. The number of aliphatic imine (C=N–C) groups is 1. The molecule has 0 aromatic heterocycles. The summed E-state index contributed by atoms with van der Waals surface area (Å²) in [6, 6.07) is 8.81. The number of amides is 1. The Morgan fingerprint density at radius 2 is 2.11 bits per heavy atom. The molecule has 1 amide bonds. The largest absolute Gasteiger partial charge is 0.370 e. The highest BCUT2D eigenvalue weighted by Crippen LogP contribution is 2.25. The number of guanidine groups is 1. The van der Waals surface area contributed by atoms with E-state index in [4.69, 9.17) is 4.74 Å². The molecule has 1 atom stereocenters. The standard InChI is InChI=1S/C20H30N4O2.HI/c1-15-6-3-4-7-17(15)18-14-24(12-13-26-18)20(21-2)22-11-5-8-19(25)23-16-9-10-16;/h3-4,6-7,16,18H,5,8-14H2,1-2H3,(H,21,22)(H,23,25);1H. The van der Waals surface area contributed by atoms with Crippen molar-refractivity contribution in [3.8, 4) is 0 Å². The molecule has 0 bridgehead atoms. The maximum Gasteiger partial charge on any atom is 0.220 e. The van der Waals surface area contributed by atoms with Gasteiger partial charge in [0.1, 0.15) is 6.10 Å². The maximum absolute atomic E-state index is 11.7. The van der Waals surface area contributed by atoms with Gasteiger partial charge in [0, 0.05) is 32.6 Å². The molecule has 2 aliphatic rings. The summed E-state index contributed by atoms with van der Waals surface area (Å²) in [5.74, 6) is 1.05. The number of hydrogen-bond acceptors (Lipinski definition) is 3. The summed E-state index contributed by atoms with van der Waals surface area (Å²) in [6.07, 6.45) is 3.71. The molecule has 1 unspecified atom stereocenters. The molecule has 0 spiro atoms. The van der Waals surface area contributed by atoms with E-state index in [-0.39, 0.29) is 36.0 Å². The Bertz CT molecular complexity index is 649. The third-order valence-corrected chi connectivity index (χ3v) is 4.92. The SMILES string of the molecule is CN=C(NCCCC(=O)NC1CC1)N1CCOC(c2ccccc2C)C1.I. The zero-order valence-corrected chi connectivity index (χ0v) is 18.6. The average molecular weight is 486 g/mol. The number of aryl methyl sites for hydroxylation is 1. The van der Waals surface area contributed by atoms with Crippen LogP contribution in [0.4, 0.5) is 0 Å². The molecule has 1 aliphatic carbocycles. The van der Waals surface area contributed by atoms with Crippen LogP contribution in [0.2, 0.25) is 0 Å². The van der Waals surface area contributed by atoms with E-state index in [1.54, 1.807) is 7.05 Å². The first-order chi connectivity index (χ1) is 12.7. The van der Waals surface area contributed by atoms with Crippen LogP contribution in [-0.2, 0) is 9.53 Å². The van der Waals surface area contributed by atoms with Crippen LogP contribution in [0.5, 0.6) is 0 Å². The van der Waals surface area contributed by atoms with Gasteiger partial charge in [-0.2, -0.15) is 0 Å². The molecule has 1 saturated heterocycles. The van der Waals surface area contributed by atoms with Crippen LogP contribution in [0.3, 0.4) is 0 Å². The third-order valence-electron chi connectivity index (χ3n) is 4.92. The lowest BCUT2D eigenvalue weighted by Crippen LogP contribution is -2.48. The van der Waals surface area contributed by atoms with Crippen molar-refractivity contribution in [1.82, 2.24) is 15.5 Å². The van der Waals surface area contributed by atoms with E-state index in [1.807, 2.05) is 0 Å². The Kier molecular flexibility index (Phi) is 8.82. The minimum absolute atomic E-state index is 0. The summed E-state index contributed by atoms with van der Waals surface area (Å²) in [7, 11) is 1.81. The lowest BCUT2D eigenvalue weighted by atomic mass is 10.0. The fourth-order valence-corrected chi connectivity index (χ4v) is 3.29. The molecule has 1 aromatic rings. The van der Waals surface area contributed by atoms with E-state index in [0.717, 1.165) is 44.9 Å². The highest BCUT2D eigenvalue weighted by Gasteiger charge is 2.25. The van der Waals surface area contributed by atoms with Crippen LogP contribution in [-0.4, -0.2) is 56.1 Å². The second-order valence-electron chi connectivity index (χ2n) is 7.08. The first kappa shape index (κ1) is 21.9. The van der Waals surface area contributed by atoms with Crippen molar-refractivity contribution in [3.05, 3.63) is 35.4 Å². The molecule has 1 saturated carbocycles. The number of hydrogen-bond donors (Lipinski definition) is 2. The quantitative estimate of drug-likeness (QED) is 0.281. The summed E-state index contributed by atoms with van der Waals surface area (Å²) >= 11 is 0. The molecule has 6 nitrogen and oxygen atoms in total. The van der Waals surface area contributed by atoms with Crippen LogP contribution in [0, 0.1) is 6.92 Å². The lowest BCUT2D eigenvalue weighted by molar-refractivity contribution is -0.121. The first-order valence-electron chi connectivity index (χ1n) is 9.59. The zero-order valence-electron chi connectivity index (χ0n) is 16.2. The summed E-state index contributed by atoms with van der Waals surface area (Å²) in [4.78, 5) is 18.4. The monoisotopic (exact) mass is 486 g/mol. The lowest BCUT2D eigenvalue weighted by Gasteiger charge is -2.35. The van der Waals surface area contributed by atoms with Crippen LogP contribution in [0.1, 0.15) is 42.9 Å². The second-order valence-corrected chi connectivity index (χ2v) is 7.08. The molecule has 27 heavy (non-hydrogen) atoms. The second kappa shape index (κ2) is 10.8. The molecule has 1 aromatic carbocycles. The van der Waals surface area contributed by atoms with Gasteiger partial charge >= 0.3 is 0 Å². The number of carbonyl (C=O) groups is 1. The highest BCUT2D eigenvalue weighted by atomic mass is 127. The minimum Gasteiger partial charge on any atom is -0.370 e. The van der Waals surface area contributed by atoms with E-state index in [2.05, 4.69) is 51.7 Å². The Morgan fingerprint density at radius 1 is 1.33 bits per heavy atom. The van der Waals surface area contributed by atoms with E-state index < -0.39 is 0 Å². The molecule has 2 N–H and O–H groups in total. The summed E-state index contributed by atoms with van der Waals surface area (Å²) in [5.41, 5.74) is 2.49. The van der Waals surface area contributed by atoms with Crippen LogP contribution >= 0.6 is 24.0 Å². The maximum atomic E-state index is 11.7. The first-order valence-corrected chi connectivity index (χ1v) is 9.59. The van der Waals surface area contributed by atoms with Crippen molar-refractivity contribution in [3.63, 3.8) is 0 Å². The molecular formula is C20H31IN4O2. The van der Waals surface area contributed by atoms with E-state index in [0.29, 0.717) is 19.1 Å². The number of morpholine rings is 1. The molecule has 150 valence electrons. The minimum atomic E-state index is 0. The van der Waals surface area contributed by atoms with Crippen molar-refractivity contribution in [2.45, 2.75) is 44.8 Å². The third kappa shape index (κ3) is 6.64. The predicted molar refractivity (Wildman–Crippen MR) is 119 cm³/mol. The van der Waals surface area contributed by atoms with E-state index in [1.165, 1.54) is 11.1 Å². The Labute approximate surface area is 179 Å². The number of nitrogens with zero attached hydrogens (tertiary/aromatic N) is 2. The Morgan fingerprint density at radius 3 is 2.81 bits per heavy atom. The van der Waals surface area contributed by atoms with Gasteiger partial charge in [-0.05, 0) is 37.3 Å². The van der Waals surface area contributed by atoms with Crippen LogP contribution < -0.4 is 10.6 Å². The fourth-order valence-electron chi connectivity index (χ4n) is 3.29. The smallest absolute Gasteiger partial charge is 0.220 e. The number of nitrogens with one attached hydrogen (secondary N) is 2. The van der Waals surface area contributed by atoms with Gasteiger partial charge in [-0.25, -0.2) is 0 Å². The normalized spacial score (nSPS) is 20.0. The van der Waals surface area contributed by atoms with Crippen molar-refractivity contribution < 1.29 is 9.53 Å². The molecule has 3 rings (SSSR count). The van der Waals surface area contributed by atoms with E-state index in [9.17, 15) is 4.79 Å². The fraction of sp³-hybridized carbons (Fsp3) is 0.600. The zero-order chi connectivity index (χ0) is 18.4. The number of benzene rings is 1. The molecule has 2 fully saturated rings. The van der Waals surface area contributed by atoms with Gasteiger partial charge in [0.05, 0.1) is 13.2 Å². The Hall–Kier alpha value is -1.35. The highest BCUT2D eigenvalue weighted by molar-refractivity contribution is 14.0. The van der Waals surface area contributed by atoms with Gasteiger partial charge in [0.15, 0.2) is 5.96 Å². The summed E-state index contributed by atoms with van der Waals surface area (Å²) in [6.45, 7) is 5.16. The number of carbonyl (C=O) groups excluding carboxylic acids is 1. The predicted octanol–water partition coefficient (Wildman–Crippen LogP) is 2.62. The van der Waals surface area contributed by atoms with Crippen molar-refractivity contribution in [1.29, 1.82) is 0 Å². The van der Waals surface area contributed by atoms with Crippen LogP contribution in [0.25, 0.3) is 0 Å². The van der Waals surface area contributed by atoms with E-state index >= 15 is 0 Å². The van der Waals surface area contributed by atoms with Crippen LogP contribution in [0.15, 0.2) is 29.3 Å². The average Bonchev–Trinajstić information content (AvgIpc) is 3.46. The van der Waals surface area contributed by atoms with Crippen molar-refractivity contribution >= 4 is 35.8 Å². The topological polar surface area (TPSA) is 66.0 Å². The molecule has 1 heterocycles. The summed E-state index contributed by atoms with van der Waals surface area (Å²) < 4.78 is 5.99. The molecule has 0 radical (unpaired) electrons. The molecular weight excluding hydrogens is 455 g/mol.